The minimum atomic E-state index is -0.612. The maximum atomic E-state index is 9.12. The van der Waals surface area contributed by atoms with E-state index in [0.717, 1.165) is 33.1 Å². The van der Waals surface area contributed by atoms with Gasteiger partial charge in [-0.05, 0) is 79.5 Å². The maximum Gasteiger partial charge on any atom is 0.135 e. The highest BCUT2D eigenvalue weighted by Gasteiger charge is 2.16. The van der Waals surface area contributed by atoms with Crippen LogP contribution in [0.4, 0.5) is 0 Å². The van der Waals surface area contributed by atoms with Gasteiger partial charge in [0.1, 0.15) is 11.2 Å². The van der Waals surface area contributed by atoms with Crippen molar-refractivity contribution < 1.29 is 22.2 Å². The minimum Gasteiger partial charge on any atom is -0.456 e. The molecule has 0 fully saturated rings. The molecule has 0 aliphatic carbocycles. The summed E-state index contributed by atoms with van der Waals surface area (Å²) in [5.41, 5.74) is 3.57. The Bertz CT molecular complexity index is 2790. The van der Waals surface area contributed by atoms with Crippen LogP contribution in [0.1, 0.15) is 28.9 Å². The Balaban J connectivity index is 1.45. The smallest absolute Gasteiger partial charge is 0.135 e. The Kier molecular flexibility index (Phi) is 3.07. The number of furan rings is 1. The van der Waals surface area contributed by atoms with Crippen LogP contribution in [0.2, 0.25) is 0 Å². The second-order valence-electron chi connectivity index (χ2n) is 9.52. The van der Waals surface area contributed by atoms with Gasteiger partial charge in [0.2, 0.25) is 0 Å². The van der Waals surface area contributed by atoms with Crippen LogP contribution in [-0.2, 0) is 6.42 Å². The molecule has 1 aromatic heterocycles. The van der Waals surface area contributed by atoms with Crippen molar-refractivity contribution in [3.63, 3.8) is 0 Å². The van der Waals surface area contributed by atoms with Crippen molar-refractivity contribution in [2.24, 2.45) is 0 Å². The Labute approximate surface area is 251 Å². The normalized spacial score (nSPS) is 16.1. The first-order chi connectivity index (χ1) is 25.2. The molecular weight excluding hydrogens is 484 g/mol. The first-order valence-corrected chi connectivity index (χ1v) is 12.8. The summed E-state index contributed by atoms with van der Waals surface area (Å²) in [5.74, 6) is 0. The SMILES string of the molecule is [2H]c1c([2H])c([2H])c(Cc2c3c([2H])c([2H])c([2H])c([2H])c3c(-c3ccc(-c4ccc5oc6ccccc6c5c4)cc3)c3c([2H])c([2H])c([2H])c([2H])c23)c([2H])c1[2H]. The number of rotatable bonds is 4. The molecule has 0 N–H and O–H groups in total. The number of para-hydroxylation sites is 1. The summed E-state index contributed by atoms with van der Waals surface area (Å²) in [5, 5.41) is 1.71. The summed E-state index contributed by atoms with van der Waals surface area (Å²) in [6, 6.07) is 13.6. The monoisotopic (exact) mass is 523 g/mol. The van der Waals surface area contributed by atoms with Crippen LogP contribution >= 0.6 is 0 Å². The number of hydrogen-bond donors (Lipinski definition) is 0. The zero-order valence-corrected chi connectivity index (χ0v) is 21.0. The molecule has 8 aromatic rings. The lowest BCUT2D eigenvalue weighted by Crippen LogP contribution is -1.95. The molecule has 0 saturated carbocycles. The Morgan fingerprint density at radius 2 is 1.05 bits per heavy atom. The Hall–Kier alpha value is -5.14. The fourth-order valence-electron chi connectivity index (χ4n) is 5.44. The van der Waals surface area contributed by atoms with Crippen LogP contribution in [-0.4, -0.2) is 0 Å². The van der Waals surface area contributed by atoms with E-state index >= 15 is 0 Å². The van der Waals surface area contributed by atoms with Crippen molar-refractivity contribution in [3.8, 4) is 22.3 Å². The highest BCUT2D eigenvalue weighted by Crippen LogP contribution is 2.41. The zero-order valence-electron chi connectivity index (χ0n) is 34.0. The van der Waals surface area contributed by atoms with Gasteiger partial charge in [0, 0.05) is 10.8 Å². The molecule has 0 saturated heterocycles. The summed E-state index contributed by atoms with van der Waals surface area (Å²) in [6.45, 7) is 0. The summed E-state index contributed by atoms with van der Waals surface area (Å²) in [7, 11) is 0. The van der Waals surface area contributed by atoms with E-state index < -0.39 is 85.0 Å². The molecule has 0 spiro atoms. The molecule has 0 aliphatic heterocycles. The zero-order chi connectivity index (χ0) is 37.8. The molecule has 0 atom stereocenters. The molecule has 0 unspecified atom stereocenters. The molecule has 40 heavy (non-hydrogen) atoms. The average molecular weight is 524 g/mol. The highest BCUT2D eigenvalue weighted by molar-refractivity contribution is 6.15. The van der Waals surface area contributed by atoms with Crippen LogP contribution in [0.25, 0.3) is 65.7 Å². The van der Waals surface area contributed by atoms with E-state index in [-0.39, 0.29) is 38.2 Å². The van der Waals surface area contributed by atoms with Gasteiger partial charge in [-0.15, -0.1) is 0 Å². The van der Waals surface area contributed by atoms with Gasteiger partial charge in [-0.1, -0.05) is 127 Å². The lowest BCUT2D eigenvalue weighted by atomic mass is 9.86. The molecule has 0 bridgehead atoms. The predicted octanol–water partition coefficient (Wildman–Crippen LogP) is 10.8. The van der Waals surface area contributed by atoms with Crippen LogP contribution in [0.15, 0.2) is 150 Å². The van der Waals surface area contributed by atoms with Gasteiger partial charge in [0.25, 0.3) is 0 Å². The van der Waals surface area contributed by atoms with Crippen molar-refractivity contribution in [2.75, 3.05) is 0 Å². The van der Waals surface area contributed by atoms with Crippen molar-refractivity contribution in [2.45, 2.75) is 6.42 Å². The predicted molar refractivity (Wildman–Crippen MR) is 169 cm³/mol. The molecule has 1 heterocycles. The number of fused-ring (bicyclic) bond motifs is 5. The molecule has 8 rings (SSSR count). The third-order valence-electron chi connectivity index (χ3n) is 7.27. The molecule has 0 aliphatic rings. The molecule has 188 valence electrons. The Morgan fingerprint density at radius 3 is 1.77 bits per heavy atom. The van der Waals surface area contributed by atoms with Gasteiger partial charge in [0.05, 0.1) is 17.8 Å². The Morgan fingerprint density at radius 1 is 0.475 bits per heavy atom. The summed E-state index contributed by atoms with van der Waals surface area (Å²) in [6.07, 6.45) is -0.475. The van der Waals surface area contributed by atoms with Crippen molar-refractivity contribution in [3.05, 3.63) is 156 Å². The lowest BCUT2D eigenvalue weighted by molar-refractivity contribution is 0.669. The summed E-state index contributed by atoms with van der Waals surface area (Å²) >= 11 is 0. The fraction of sp³-hybridized carbons (Fsp3) is 0.0256. The van der Waals surface area contributed by atoms with E-state index in [1.165, 1.54) is 0 Å². The molecular formula is C39H26O. The summed E-state index contributed by atoms with van der Waals surface area (Å²) in [4.78, 5) is 0. The van der Waals surface area contributed by atoms with E-state index in [9.17, 15) is 0 Å². The van der Waals surface area contributed by atoms with Gasteiger partial charge < -0.3 is 4.42 Å². The third-order valence-corrected chi connectivity index (χ3v) is 7.27. The summed E-state index contributed by atoms with van der Waals surface area (Å²) < 4.78 is 119. The maximum absolute atomic E-state index is 9.12. The van der Waals surface area contributed by atoms with Crippen LogP contribution < -0.4 is 0 Å². The highest BCUT2D eigenvalue weighted by atomic mass is 16.3. The lowest BCUT2D eigenvalue weighted by Gasteiger charge is -2.18. The van der Waals surface area contributed by atoms with Crippen molar-refractivity contribution in [1.82, 2.24) is 0 Å². The molecule has 7 aromatic carbocycles. The van der Waals surface area contributed by atoms with Gasteiger partial charge in [0.15, 0.2) is 0 Å². The molecule has 1 nitrogen and oxygen atoms in total. The van der Waals surface area contributed by atoms with Gasteiger partial charge in [-0.2, -0.15) is 0 Å². The van der Waals surface area contributed by atoms with Gasteiger partial charge >= 0.3 is 0 Å². The second kappa shape index (κ2) is 9.25. The van der Waals surface area contributed by atoms with E-state index in [1.54, 1.807) is 12.1 Å². The largest absolute Gasteiger partial charge is 0.456 e. The van der Waals surface area contributed by atoms with E-state index in [4.69, 9.17) is 22.2 Å². The van der Waals surface area contributed by atoms with Crippen molar-refractivity contribution in [1.29, 1.82) is 0 Å². The quantitative estimate of drug-likeness (QED) is 0.209. The second-order valence-corrected chi connectivity index (χ2v) is 9.52. The average Bonchev–Trinajstić information content (AvgIpc) is 3.55. The van der Waals surface area contributed by atoms with Crippen LogP contribution in [0.5, 0.6) is 0 Å². The van der Waals surface area contributed by atoms with E-state index in [0.29, 0.717) is 5.56 Å². The van der Waals surface area contributed by atoms with Crippen LogP contribution in [0, 0.1) is 0 Å². The first kappa shape index (κ1) is 13.3. The minimum absolute atomic E-state index is 0.00598. The van der Waals surface area contributed by atoms with Gasteiger partial charge in [-0.25, -0.2) is 0 Å². The number of hydrogen-bond acceptors (Lipinski definition) is 1. The number of benzene rings is 7. The van der Waals surface area contributed by atoms with E-state index in [2.05, 4.69) is 0 Å². The molecule has 1 heteroatoms. The first-order valence-electron chi connectivity index (χ1n) is 19.3. The standard InChI is InChI=1S/C39H26O/c1-2-10-26(11-3-1)24-35-30-12-4-6-15-33(30)39(34-16-7-5-13-31(34)35)28-20-18-27(19-21-28)29-22-23-38-36(25-29)32-14-8-9-17-37(32)40-38/h1-23,25H,24H2/i1D,2D,3D,4D,5D,6D,7D,10D,11D,12D,13D,15D,16D. The van der Waals surface area contributed by atoms with E-state index in [1.807, 2.05) is 54.6 Å². The fourth-order valence-corrected chi connectivity index (χ4v) is 5.44. The van der Waals surface area contributed by atoms with Crippen molar-refractivity contribution >= 4 is 43.5 Å². The molecule has 0 amide bonds. The molecule has 0 radical (unpaired) electrons. The van der Waals surface area contributed by atoms with Gasteiger partial charge in [-0.3, -0.25) is 0 Å². The van der Waals surface area contributed by atoms with Crippen LogP contribution in [0.3, 0.4) is 0 Å². The third kappa shape index (κ3) is 3.71. The topological polar surface area (TPSA) is 13.1 Å².